The third kappa shape index (κ3) is 3.48. The Kier molecular flexibility index (Phi) is 4.61. The van der Waals surface area contributed by atoms with E-state index in [2.05, 4.69) is 43.8 Å². The summed E-state index contributed by atoms with van der Waals surface area (Å²) in [4.78, 5) is 0. The molecule has 0 bridgehead atoms. The molecule has 0 spiro atoms. The molecule has 1 aromatic carbocycles. The van der Waals surface area contributed by atoms with Crippen LogP contribution < -0.4 is 5.32 Å². The zero-order chi connectivity index (χ0) is 14.7. The maximum absolute atomic E-state index is 12.9. The number of halogens is 1. The van der Waals surface area contributed by atoms with Gasteiger partial charge in [0.2, 0.25) is 0 Å². The van der Waals surface area contributed by atoms with Crippen molar-refractivity contribution in [3.05, 3.63) is 58.7 Å². The number of aryl methyl sites for hydroxylation is 1. The number of aromatic nitrogens is 1. The van der Waals surface area contributed by atoms with Crippen molar-refractivity contribution in [3.63, 3.8) is 0 Å². The summed E-state index contributed by atoms with van der Waals surface area (Å²) in [6, 6.07) is 9.34. The van der Waals surface area contributed by atoms with E-state index in [4.69, 9.17) is 0 Å². The molecular weight excluding hydrogens is 251 g/mol. The third-order valence-corrected chi connectivity index (χ3v) is 3.98. The largest absolute Gasteiger partial charge is 0.352 e. The third-order valence-electron chi connectivity index (χ3n) is 3.98. The highest BCUT2D eigenvalue weighted by molar-refractivity contribution is 5.26. The van der Waals surface area contributed by atoms with Gasteiger partial charge in [-0.25, -0.2) is 4.39 Å². The molecule has 1 aromatic heterocycles. The standard InChI is InChI=1S/C17H23FN2/c1-12(9-15-5-7-17(18)8-6-15)19-11-16-10-13(2)20(4)14(16)3/h5-8,10,12,19H,9,11H2,1-4H3. The SMILES string of the molecule is Cc1cc(CNC(C)Cc2ccc(F)cc2)c(C)n1C. The van der Waals surface area contributed by atoms with Crippen molar-refractivity contribution < 1.29 is 4.39 Å². The van der Waals surface area contributed by atoms with Gasteiger partial charge in [0.05, 0.1) is 0 Å². The fourth-order valence-electron chi connectivity index (χ4n) is 2.44. The summed E-state index contributed by atoms with van der Waals surface area (Å²) in [6.07, 6.45) is 0.908. The van der Waals surface area contributed by atoms with Gasteiger partial charge >= 0.3 is 0 Å². The van der Waals surface area contributed by atoms with Gasteiger partial charge in [-0.2, -0.15) is 0 Å². The van der Waals surface area contributed by atoms with Crippen LogP contribution in [-0.4, -0.2) is 10.6 Å². The predicted molar refractivity (Wildman–Crippen MR) is 81.3 cm³/mol. The second-order valence-electron chi connectivity index (χ2n) is 5.57. The number of nitrogens with one attached hydrogen (secondary N) is 1. The Balaban J connectivity index is 1.90. The van der Waals surface area contributed by atoms with Crippen molar-refractivity contribution in [2.45, 2.75) is 39.8 Å². The molecule has 1 heterocycles. The minimum atomic E-state index is -0.176. The minimum absolute atomic E-state index is 0.176. The number of hydrogen-bond acceptors (Lipinski definition) is 1. The van der Waals surface area contributed by atoms with E-state index in [9.17, 15) is 4.39 Å². The van der Waals surface area contributed by atoms with Crippen molar-refractivity contribution >= 4 is 0 Å². The first-order valence-corrected chi connectivity index (χ1v) is 7.07. The molecule has 108 valence electrons. The Morgan fingerprint density at radius 1 is 1.20 bits per heavy atom. The van der Waals surface area contributed by atoms with Crippen LogP contribution in [0.4, 0.5) is 4.39 Å². The minimum Gasteiger partial charge on any atom is -0.352 e. The van der Waals surface area contributed by atoms with E-state index in [1.54, 1.807) is 0 Å². The number of nitrogens with zero attached hydrogens (tertiary/aromatic N) is 1. The molecule has 1 atom stereocenters. The molecule has 0 amide bonds. The monoisotopic (exact) mass is 274 g/mol. The lowest BCUT2D eigenvalue weighted by Gasteiger charge is -2.14. The molecule has 0 radical (unpaired) electrons. The van der Waals surface area contributed by atoms with Gasteiger partial charge in [-0.3, -0.25) is 0 Å². The van der Waals surface area contributed by atoms with Crippen LogP contribution in [0, 0.1) is 19.7 Å². The highest BCUT2D eigenvalue weighted by Gasteiger charge is 2.08. The fraction of sp³-hybridized carbons (Fsp3) is 0.412. The van der Waals surface area contributed by atoms with Crippen LogP contribution >= 0.6 is 0 Å². The average Bonchev–Trinajstić information content (AvgIpc) is 2.66. The maximum Gasteiger partial charge on any atom is 0.123 e. The molecule has 0 aliphatic rings. The lowest BCUT2D eigenvalue weighted by atomic mass is 10.1. The molecule has 0 fully saturated rings. The van der Waals surface area contributed by atoms with E-state index in [-0.39, 0.29) is 5.82 Å². The lowest BCUT2D eigenvalue weighted by Crippen LogP contribution is -2.27. The van der Waals surface area contributed by atoms with Gasteiger partial charge in [-0.1, -0.05) is 12.1 Å². The molecule has 2 rings (SSSR count). The predicted octanol–water partition coefficient (Wildman–Crippen LogP) is 3.50. The van der Waals surface area contributed by atoms with Gasteiger partial charge < -0.3 is 9.88 Å². The summed E-state index contributed by atoms with van der Waals surface area (Å²) in [6.45, 7) is 7.30. The molecular formula is C17H23FN2. The van der Waals surface area contributed by atoms with E-state index in [0.29, 0.717) is 6.04 Å². The van der Waals surface area contributed by atoms with Gasteiger partial charge in [-0.15, -0.1) is 0 Å². The Morgan fingerprint density at radius 2 is 1.85 bits per heavy atom. The molecule has 1 N–H and O–H groups in total. The van der Waals surface area contributed by atoms with Crippen molar-refractivity contribution in [1.29, 1.82) is 0 Å². The summed E-state index contributed by atoms with van der Waals surface area (Å²) in [5.74, 6) is -0.176. The van der Waals surface area contributed by atoms with E-state index in [1.807, 2.05) is 12.1 Å². The second-order valence-corrected chi connectivity index (χ2v) is 5.57. The van der Waals surface area contributed by atoms with Crippen LogP contribution in [0.5, 0.6) is 0 Å². The van der Waals surface area contributed by atoms with Crippen LogP contribution in [0.3, 0.4) is 0 Å². The smallest absolute Gasteiger partial charge is 0.123 e. The summed E-state index contributed by atoms with van der Waals surface area (Å²) >= 11 is 0. The first-order chi connectivity index (χ1) is 9.47. The zero-order valence-corrected chi connectivity index (χ0v) is 12.7. The zero-order valence-electron chi connectivity index (χ0n) is 12.7. The van der Waals surface area contributed by atoms with Crippen molar-refractivity contribution in [2.24, 2.45) is 7.05 Å². The van der Waals surface area contributed by atoms with Crippen molar-refractivity contribution in [1.82, 2.24) is 9.88 Å². The van der Waals surface area contributed by atoms with E-state index in [1.165, 1.54) is 29.1 Å². The van der Waals surface area contributed by atoms with Crippen molar-refractivity contribution in [2.75, 3.05) is 0 Å². The Hall–Kier alpha value is -1.61. The highest BCUT2D eigenvalue weighted by atomic mass is 19.1. The summed E-state index contributed by atoms with van der Waals surface area (Å²) in [7, 11) is 2.09. The van der Waals surface area contributed by atoms with Crippen LogP contribution in [0.2, 0.25) is 0 Å². The number of rotatable bonds is 5. The van der Waals surface area contributed by atoms with Crippen LogP contribution in [0.25, 0.3) is 0 Å². The lowest BCUT2D eigenvalue weighted by molar-refractivity contribution is 0.543. The normalized spacial score (nSPS) is 12.7. The van der Waals surface area contributed by atoms with E-state index in [0.717, 1.165) is 18.5 Å². The molecule has 2 nitrogen and oxygen atoms in total. The fourth-order valence-corrected chi connectivity index (χ4v) is 2.44. The number of hydrogen-bond donors (Lipinski definition) is 1. The molecule has 0 saturated heterocycles. The molecule has 2 aromatic rings. The Morgan fingerprint density at radius 3 is 2.40 bits per heavy atom. The van der Waals surface area contributed by atoms with Gasteiger partial charge in [0.15, 0.2) is 0 Å². The molecule has 0 saturated carbocycles. The highest BCUT2D eigenvalue weighted by Crippen LogP contribution is 2.13. The van der Waals surface area contributed by atoms with Crippen LogP contribution in [0.1, 0.15) is 29.4 Å². The molecule has 3 heteroatoms. The molecule has 1 unspecified atom stereocenters. The van der Waals surface area contributed by atoms with Crippen LogP contribution in [0.15, 0.2) is 30.3 Å². The molecule has 0 aliphatic heterocycles. The maximum atomic E-state index is 12.9. The summed E-state index contributed by atoms with van der Waals surface area (Å²) in [5.41, 5.74) is 5.10. The molecule has 0 aliphatic carbocycles. The van der Waals surface area contributed by atoms with Gasteiger partial charge in [0.25, 0.3) is 0 Å². The first-order valence-electron chi connectivity index (χ1n) is 7.07. The van der Waals surface area contributed by atoms with E-state index < -0.39 is 0 Å². The summed E-state index contributed by atoms with van der Waals surface area (Å²) < 4.78 is 15.1. The quantitative estimate of drug-likeness (QED) is 0.883. The van der Waals surface area contributed by atoms with E-state index >= 15 is 0 Å². The average molecular weight is 274 g/mol. The summed E-state index contributed by atoms with van der Waals surface area (Å²) in [5, 5.41) is 3.54. The second kappa shape index (κ2) is 6.23. The number of benzene rings is 1. The Bertz CT molecular complexity index is 569. The topological polar surface area (TPSA) is 17.0 Å². The first kappa shape index (κ1) is 14.8. The van der Waals surface area contributed by atoms with Crippen molar-refractivity contribution in [3.8, 4) is 0 Å². The Labute approximate surface area is 120 Å². The molecule has 20 heavy (non-hydrogen) atoms. The van der Waals surface area contributed by atoms with Crippen LogP contribution in [-0.2, 0) is 20.0 Å². The van der Waals surface area contributed by atoms with Gasteiger partial charge in [0.1, 0.15) is 5.82 Å². The van der Waals surface area contributed by atoms with Gasteiger partial charge in [0, 0.05) is 31.0 Å². The van der Waals surface area contributed by atoms with Gasteiger partial charge in [-0.05, 0) is 56.5 Å².